The molecule has 0 aromatic heterocycles. The molecule has 2 aliphatic rings. The number of benzene rings is 1. The van der Waals surface area contributed by atoms with Gasteiger partial charge in [-0.25, -0.2) is 0 Å². The number of rotatable bonds is 4. The van der Waals surface area contributed by atoms with Crippen LogP contribution in [-0.4, -0.2) is 42.9 Å². The van der Waals surface area contributed by atoms with E-state index < -0.39 is 6.10 Å². The number of likely N-dealkylation sites (tertiary alicyclic amines) is 1. The van der Waals surface area contributed by atoms with E-state index in [2.05, 4.69) is 4.90 Å². The number of ether oxygens (including phenoxy) is 2. The molecule has 2 aliphatic heterocycles. The predicted octanol–water partition coefficient (Wildman–Crippen LogP) is 1.59. The van der Waals surface area contributed by atoms with Crippen LogP contribution in [0.4, 0.5) is 0 Å². The van der Waals surface area contributed by atoms with Crippen molar-refractivity contribution in [2.45, 2.75) is 18.9 Å². The summed E-state index contributed by atoms with van der Waals surface area (Å²) in [7, 11) is 0. The highest BCUT2D eigenvalue weighted by molar-refractivity contribution is 5.44. The maximum atomic E-state index is 10.2. The maximum absolute atomic E-state index is 10.2. The van der Waals surface area contributed by atoms with Gasteiger partial charge in [0.15, 0.2) is 11.5 Å². The van der Waals surface area contributed by atoms with Crippen molar-refractivity contribution in [2.75, 3.05) is 32.8 Å². The fourth-order valence-corrected chi connectivity index (χ4v) is 2.34. The van der Waals surface area contributed by atoms with Crippen LogP contribution < -0.4 is 9.47 Å². The first kappa shape index (κ1) is 11.8. The van der Waals surface area contributed by atoms with Gasteiger partial charge in [-0.1, -0.05) is 6.07 Å². The van der Waals surface area contributed by atoms with E-state index in [9.17, 15) is 5.11 Å². The zero-order valence-electron chi connectivity index (χ0n) is 10.5. The summed E-state index contributed by atoms with van der Waals surface area (Å²) in [6.07, 6.45) is 1.65. The maximum Gasteiger partial charge on any atom is 0.161 e. The van der Waals surface area contributed by atoms with Crippen molar-refractivity contribution in [1.29, 1.82) is 0 Å². The molecule has 0 saturated carbocycles. The quantitative estimate of drug-likeness (QED) is 0.880. The molecule has 98 valence electrons. The molecule has 1 aromatic carbocycles. The smallest absolute Gasteiger partial charge is 0.161 e. The van der Waals surface area contributed by atoms with Gasteiger partial charge in [0.1, 0.15) is 13.2 Å². The molecule has 0 radical (unpaired) electrons. The van der Waals surface area contributed by atoms with Gasteiger partial charge in [0.25, 0.3) is 0 Å². The minimum absolute atomic E-state index is 0.415. The zero-order valence-corrected chi connectivity index (χ0v) is 10.5. The standard InChI is InChI=1S/C14H19NO3/c16-12(4-7-15-5-1-6-15)11-2-3-13-14(10-11)18-9-8-17-13/h2-3,10,12,16H,1,4-9H2. The Hall–Kier alpha value is -1.26. The third-order valence-corrected chi connectivity index (χ3v) is 3.62. The Bertz CT molecular complexity index is 418. The van der Waals surface area contributed by atoms with Crippen LogP contribution in [0.5, 0.6) is 11.5 Å². The minimum atomic E-state index is -0.415. The molecule has 4 nitrogen and oxygen atoms in total. The molecule has 1 saturated heterocycles. The van der Waals surface area contributed by atoms with Gasteiger partial charge in [-0.3, -0.25) is 0 Å². The number of fused-ring (bicyclic) bond motifs is 1. The van der Waals surface area contributed by atoms with Crippen molar-refractivity contribution in [1.82, 2.24) is 4.90 Å². The molecule has 1 atom stereocenters. The molecular formula is C14H19NO3. The molecule has 0 aliphatic carbocycles. The highest BCUT2D eigenvalue weighted by Crippen LogP contribution is 2.33. The van der Waals surface area contributed by atoms with Gasteiger partial charge < -0.3 is 19.5 Å². The Kier molecular flexibility index (Phi) is 3.39. The highest BCUT2D eigenvalue weighted by Gasteiger charge is 2.18. The van der Waals surface area contributed by atoms with Crippen LogP contribution in [0.15, 0.2) is 18.2 Å². The van der Waals surface area contributed by atoms with E-state index in [-0.39, 0.29) is 0 Å². The van der Waals surface area contributed by atoms with Gasteiger partial charge in [0, 0.05) is 6.54 Å². The lowest BCUT2D eigenvalue weighted by atomic mass is 10.0. The molecule has 0 bridgehead atoms. The number of nitrogens with zero attached hydrogens (tertiary/aromatic N) is 1. The number of hydrogen-bond acceptors (Lipinski definition) is 4. The van der Waals surface area contributed by atoms with E-state index >= 15 is 0 Å². The third-order valence-electron chi connectivity index (χ3n) is 3.62. The first-order valence-electron chi connectivity index (χ1n) is 6.63. The molecule has 0 spiro atoms. The second-order valence-corrected chi connectivity index (χ2v) is 4.90. The molecule has 18 heavy (non-hydrogen) atoms. The van der Waals surface area contributed by atoms with Gasteiger partial charge in [-0.05, 0) is 43.6 Å². The topological polar surface area (TPSA) is 41.9 Å². The lowest BCUT2D eigenvalue weighted by molar-refractivity contribution is 0.115. The summed E-state index contributed by atoms with van der Waals surface area (Å²) in [6.45, 7) is 4.50. The van der Waals surface area contributed by atoms with E-state index in [0.717, 1.165) is 30.0 Å². The van der Waals surface area contributed by atoms with E-state index in [1.807, 2.05) is 18.2 Å². The van der Waals surface area contributed by atoms with Gasteiger partial charge in [-0.2, -0.15) is 0 Å². The summed E-state index contributed by atoms with van der Waals surface area (Å²) in [5.41, 5.74) is 0.916. The van der Waals surface area contributed by atoms with Crippen LogP contribution in [0, 0.1) is 0 Å². The minimum Gasteiger partial charge on any atom is -0.486 e. The van der Waals surface area contributed by atoms with E-state index in [0.29, 0.717) is 13.2 Å². The van der Waals surface area contributed by atoms with Crippen molar-refractivity contribution in [2.24, 2.45) is 0 Å². The summed E-state index contributed by atoms with van der Waals surface area (Å²) in [5, 5.41) is 10.2. The lowest BCUT2D eigenvalue weighted by Crippen LogP contribution is -2.38. The Morgan fingerprint density at radius 1 is 1.17 bits per heavy atom. The molecule has 0 amide bonds. The molecular weight excluding hydrogens is 230 g/mol. The Balaban J connectivity index is 1.63. The first-order chi connectivity index (χ1) is 8.83. The van der Waals surface area contributed by atoms with Gasteiger partial charge in [0.2, 0.25) is 0 Å². The molecule has 2 heterocycles. The average Bonchev–Trinajstić information content (AvgIpc) is 2.36. The van der Waals surface area contributed by atoms with Crippen LogP contribution in [-0.2, 0) is 0 Å². The number of aliphatic hydroxyl groups is 1. The Morgan fingerprint density at radius 2 is 1.94 bits per heavy atom. The third kappa shape index (κ3) is 2.44. The zero-order chi connectivity index (χ0) is 12.4. The van der Waals surface area contributed by atoms with Crippen LogP contribution in [0.3, 0.4) is 0 Å². The predicted molar refractivity (Wildman–Crippen MR) is 68.1 cm³/mol. The molecule has 4 heteroatoms. The van der Waals surface area contributed by atoms with Crippen molar-refractivity contribution in [3.05, 3.63) is 23.8 Å². The Labute approximate surface area is 107 Å². The van der Waals surface area contributed by atoms with E-state index in [1.165, 1.54) is 19.5 Å². The van der Waals surface area contributed by atoms with Crippen molar-refractivity contribution < 1.29 is 14.6 Å². The SMILES string of the molecule is OC(CCN1CCC1)c1ccc2c(c1)OCCO2. The number of aliphatic hydroxyl groups excluding tert-OH is 1. The van der Waals surface area contributed by atoms with Crippen molar-refractivity contribution >= 4 is 0 Å². The van der Waals surface area contributed by atoms with Gasteiger partial charge in [-0.15, -0.1) is 0 Å². The van der Waals surface area contributed by atoms with E-state index in [1.54, 1.807) is 0 Å². The van der Waals surface area contributed by atoms with Crippen LogP contribution >= 0.6 is 0 Å². The fraction of sp³-hybridized carbons (Fsp3) is 0.571. The Morgan fingerprint density at radius 3 is 2.67 bits per heavy atom. The van der Waals surface area contributed by atoms with Crippen LogP contribution in [0.2, 0.25) is 0 Å². The first-order valence-corrected chi connectivity index (χ1v) is 6.63. The molecule has 1 unspecified atom stereocenters. The number of hydrogen-bond donors (Lipinski definition) is 1. The van der Waals surface area contributed by atoms with E-state index in [4.69, 9.17) is 9.47 Å². The summed E-state index contributed by atoms with van der Waals surface area (Å²) >= 11 is 0. The second-order valence-electron chi connectivity index (χ2n) is 4.90. The lowest BCUT2D eigenvalue weighted by Gasteiger charge is -2.31. The molecule has 1 fully saturated rings. The largest absolute Gasteiger partial charge is 0.486 e. The molecule has 1 N–H and O–H groups in total. The monoisotopic (exact) mass is 249 g/mol. The molecule has 1 aromatic rings. The summed E-state index contributed by atoms with van der Waals surface area (Å²) in [5.74, 6) is 1.53. The summed E-state index contributed by atoms with van der Waals surface area (Å²) in [4.78, 5) is 2.36. The highest BCUT2D eigenvalue weighted by atomic mass is 16.6. The second kappa shape index (κ2) is 5.16. The fourth-order valence-electron chi connectivity index (χ4n) is 2.34. The van der Waals surface area contributed by atoms with Gasteiger partial charge in [0.05, 0.1) is 6.10 Å². The van der Waals surface area contributed by atoms with Gasteiger partial charge >= 0.3 is 0 Å². The van der Waals surface area contributed by atoms with Crippen LogP contribution in [0.1, 0.15) is 24.5 Å². The molecule has 3 rings (SSSR count). The summed E-state index contributed by atoms with van der Waals surface area (Å²) < 4.78 is 11.0. The average molecular weight is 249 g/mol. The van der Waals surface area contributed by atoms with Crippen molar-refractivity contribution in [3.63, 3.8) is 0 Å². The normalized spacial score (nSPS) is 20.3. The van der Waals surface area contributed by atoms with Crippen LogP contribution in [0.25, 0.3) is 0 Å². The van der Waals surface area contributed by atoms with Crippen molar-refractivity contribution in [3.8, 4) is 11.5 Å². The summed E-state index contributed by atoms with van der Waals surface area (Å²) in [6, 6.07) is 5.71.